The Kier molecular flexibility index (Phi) is 3.18. The number of esters is 1. The van der Waals surface area contributed by atoms with Crippen molar-refractivity contribution in [1.29, 1.82) is 0 Å². The molecule has 0 amide bonds. The second-order valence-electron chi connectivity index (χ2n) is 6.01. The van der Waals surface area contributed by atoms with Crippen molar-refractivity contribution >= 4 is 17.0 Å². The summed E-state index contributed by atoms with van der Waals surface area (Å²) >= 11 is 0. The molecule has 0 N–H and O–H groups in total. The van der Waals surface area contributed by atoms with E-state index in [9.17, 15) is 4.79 Å². The molecular weight excluding hydrogens is 288 g/mol. The van der Waals surface area contributed by atoms with Crippen LogP contribution in [-0.4, -0.2) is 22.6 Å². The maximum Gasteiger partial charge on any atom is 0.338 e. The van der Waals surface area contributed by atoms with Gasteiger partial charge >= 0.3 is 5.97 Å². The number of rotatable bonds is 3. The van der Waals surface area contributed by atoms with Gasteiger partial charge in [-0.15, -0.1) is 0 Å². The van der Waals surface area contributed by atoms with Gasteiger partial charge in [-0.1, -0.05) is 18.2 Å². The van der Waals surface area contributed by atoms with E-state index in [2.05, 4.69) is 10.6 Å². The lowest BCUT2D eigenvalue weighted by Crippen LogP contribution is -2.08. The van der Waals surface area contributed by atoms with E-state index in [1.165, 1.54) is 20.0 Å². The van der Waals surface area contributed by atoms with Gasteiger partial charge in [-0.25, -0.2) is 9.78 Å². The van der Waals surface area contributed by atoms with Crippen molar-refractivity contribution < 1.29 is 9.53 Å². The first-order valence-corrected chi connectivity index (χ1v) is 7.86. The molecule has 0 saturated heterocycles. The van der Waals surface area contributed by atoms with Gasteiger partial charge in [-0.3, -0.25) is 4.57 Å². The SMILES string of the molecule is COC(=O)c1cccc(-n2c(C3CC3)nc3ccccc32)c1C. The number of ether oxygens (including phenoxy) is 1. The van der Waals surface area contributed by atoms with Crippen LogP contribution in [-0.2, 0) is 4.74 Å². The van der Waals surface area contributed by atoms with Gasteiger partial charge in [0.2, 0.25) is 0 Å². The van der Waals surface area contributed by atoms with Crippen LogP contribution in [0.1, 0.15) is 40.5 Å². The van der Waals surface area contributed by atoms with Crippen LogP contribution >= 0.6 is 0 Å². The lowest BCUT2D eigenvalue weighted by atomic mass is 10.1. The molecular formula is C19H18N2O2. The second-order valence-corrected chi connectivity index (χ2v) is 6.01. The van der Waals surface area contributed by atoms with Crippen LogP contribution in [0.4, 0.5) is 0 Å². The number of benzene rings is 2. The van der Waals surface area contributed by atoms with Gasteiger partial charge < -0.3 is 4.74 Å². The van der Waals surface area contributed by atoms with E-state index in [0.717, 1.165) is 28.1 Å². The number of carbonyl (C=O) groups is 1. The van der Waals surface area contributed by atoms with Gasteiger partial charge in [0.25, 0.3) is 0 Å². The third-order valence-corrected chi connectivity index (χ3v) is 4.48. The van der Waals surface area contributed by atoms with Crippen molar-refractivity contribution in [3.8, 4) is 5.69 Å². The van der Waals surface area contributed by atoms with E-state index in [0.29, 0.717) is 11.5 Å². The minimum Gasteiger partial charge on any atom is -0.465 e. The van der Waals surface area contributed by atoms with E-state index in [4.69, 9.17) is 9.72 Å². The van der Waals surface area contributed by atoms with E-state index >= 15 is 0 Å². The highest BCUT2D eigenvalue weighted by Gasteiger charge is 2.30. The largest absolute Gasteiger partial charge is 0.465 e. The number of hydrogen-bond donors (Lipinski definition) is 0. The molecule has 0 atom stereocenters. The molecule has 0 spiro atoms. The zero-order chi connectivity index (χ0) is 16.0. The van der Waals surface area contributed by atoms with Gasteiger partial charge in [0.15, 0.2) is 0 Å². The van der Waals surface area contributed by atoms with Crippen LogP contribution in [0, 0.1) is 6.92 Å². The van der Waals surface area contributed by atoms with Gasteiger partial charge in [0, 0.05) is 5.92 Å². The van der Waals surface area contributed by atoms with E-state index in [-0.39, 0.29) is 5.97 Å². The Morgan fingerprint density at radius 1 is 1.17 bits per heavy atom. The molecule has 4 nitrogen and oxygen atoms in total. The molecule has 0 unspecified atom stereocenters. The maximum atomic E-state index is 12.0. The van der Waals surface area contributed by atoms with E-state index in [1.54, 1.807) is 6.07 Å². The number of aromatic nitrogens is 2. The molecule has 1 aliphatic rings. The zero-order valence-electron chi connectivity index (χ0n) is 13.2. The molecule has 23 heavy (non-hydrogen) atoms. The van der Waals surface area contributed by atoms with Crippen molar-refractivity contribution in [3.05, 3.63) is 59.4 Å². The van der Waals surface area contributed by atoms with E-state index in [1.807, 2.05) is 37.3 Å². The summed E-state index contributed by atoms with van der Waals surface area (Å²) in [6.07, 6.45) is 2.36. The fraction of sp³-hybridized carbons (Fsp3) is 0.263. The summed E-state index contributed by atoms with van der Waals surface area (Å²) < 4.78 is 7.11. The minimum absolute atomic E-state index is 0.304. The Labute approximate surface area is 134 Å². The maximum absolute atomic E-state index is 12.0. The quantitative estimate of drug-likeness (QED) is 0.687. The number of para-hydroxylation sites is 2. The normalized spacial score (nSPS) is 14.2. The predicted octanol–water partition coefficient (Wildman–Crippen LogP) is 4.00. The highest BCUT2D eigenvalue weighted by atomic mass is 16.5. The fourth-order valence-corrected chi connectivity index (χ4v) is 3.11. The molecule has 0 radical (unpaired) electrons. The van der Waals surface area contributed by atoms with Crippen LogP contribution in [0.25, 0.3) is 16.7 Å². The molecule has 1 saturated carbocycles. The van der Waals surface area contributed by atoms with Crippen LogP contribution in [0.3, 0.4) is 0 Å². The van der Waals surface area contributed by atoms with Crippen LogP contribution in [0.5, 0.6) is 0 Å². The second kappa shape index (κ2) is 5.23. The van der Waals surface area contributed by atoms with Crippen LogP contribution in [0.15, 0.2) is 42.5 Å². The van der Waals surface area contributed by atoms with Crippen LogP contribution < -0.4 is 0 Å². The summed E-state index contributed by atoms with van der Waals surface area (Å²) in [6, 6.07) is 13.9. The lowest BCUT2D eigenvalue weighted by Gasteiger charge is -2.14. The van der Waals surface area contributed by atoms with Gasteiger partial charge in [0.1, 0.15) is 5.82 Å². The topological polar surface area (TPSA) is 44.1 Å². The molecule has 4 rings (SSSR count). The van der Waals surface area contributed by atoms with Crippen LogP contribution in [0.2, 0.25) is 0 Å². The Morgan fingerprint density at radius 3 is 2.70 bits per heavy atom. The molecule has 1 heterocycles. The molecule has 0 bridgehead atoms. The molecule has 2 aromatic carbocycles. The predicted molar refractivity (Wildman–Crippen MR) is 89.1 cm³/mol. The molecule has 116 valence electrons. The molecule has 1 aromatic heterocycles. The average molecular weight is 306 g/mol. The Balaban J connectivity index is 1.99. The fourth-order valence-electron chi connectivity index (χ4n) is 3.11. The summed E-state index contributed by atoms with van der Waals surface area (Å²) in [5.41, 5.74) is 4.61. The summed E-state index contributed by atoms with van der Waals surface area (Å²) in [4.78, 5) is 16.8. The Bertz CT molecular complexity index is 907. The monoisotopic (exact) mass is 306 g/mol. The lowest BCUT2D eigenvalue weighted by molar-refractivity contribution is 0.0600. The molecule has 1 aliphatic carbocycles. The first-order valence-electron chi connectivity index (χ1n) is 7.86. The number of methoxy groups -OCH3 is 1. The average Bonchev–Trinajstić information content (AvgIpc) is 3.35. The molecule has 3 aromatic rings. The van der Waals surface area contributed by atoms with Crippen molar-refractivity contribution in [2.75, 3.05) is 7.11 Å². The standard InChI is InChI=1S/C19H18N2O2/c1-12-14(19(22)23-2)6-5-9-16(12)21-17-8-4-3-7-15(17)20-18(21)13-10-11-13/h3-9,13H,10-11H2,1-2H3. The van der Waals surface area contributed by atoms with Crippen molar-refractivity contribution in [1.82, 2.24) is 9.55 Å². The number of imidazole rings is 1. The highest BCUT2D eigenvalue weighted by molar-refractivity contribution is 5.92. The van der Waals surface area contributed by atoms with Gasteiger partial charge in [-0.05, 0) is 49.6 Å². The zero-order valence-corrected chi connectivity index (χ0v) is 13.2. The summed E-state index contributed by atoms with van der Waals surface area (Å²) in [5.74, 6) is 1.31. The first-order chi connectivity index (χ1) is 11.2. The summed E-state index contributed by atoms with van der Waals surface area (Å²) in [6.45, 7) is 1.97. The Morgan fingerprint density at radius 2 is 1.96 bits per heavy atom. The number of hydrogen-bond acceptors (Lipinski definition) is 3. The summed E-state index contributed by atoms with van der Waals surface area (Å²) in [5, 5.41) is 0. The minimum atomic E-state index is -0.304. The molecule has 1 fully saturated rings. The smallest absolute Gasteiger partial charge is 0.338 e. The third kappa shape index (κ3) is 2.22. The number of nitrogens with zero attached hydrogens (tertiary/aromatic N) is 2. The van der Waals surface area contributed by atoms with E-state index < -0.39 is 0 Å². The van der Waals surface area contributed by atoms with Gasteiger partial charge in [-0.2, -0.15) is 0 Å². The Hall–Kier alpha value is -2.62. The first kappa shape index (κ1) is 14.0. The van der Waals surface area contributed by atoms with Crippen molar-refractivity contribution in [2.45, 2.75) is 25.7 Å². The van der Waals surface area contributed by atoms with Gasteiger partial charge in [0.05, 0.1) is 29.4 Å². The molecule has 4 heteroatoms. The number of carbonyl (C=O) groups excluding carboxylic acids is 1. The summed E-state index contributed by atoms with van der Waals surface area (Å²) in [7, 11) is 1.41. The molecule has 0 aliphatic heterocycles. The van der Waals surface area contributed by atoms with Crippen molar-refractivity contribution in [2.24, 2.45) is 0 Å². The number of fused-ring (bicyclic) bond motifs is 1. The third-order valence-electron chi connectivity index (χ3n) is 4.48. The highest BCUT2D eigenvalue weighted by Crippen LogP contribution is 2.42. The van der Waals surface area contributed by atoms with Crippen molar-refractivity contribution in [3.63, 3.8) is 0 Å².